The van der Waals surface area contributed by atoms with E-state index in [1.54, 1.807) is 23.1 Å². The van der Waals surface area contributed by atoms with E-state index in [0.717, 1.165) is 10.8 Å². The number of piperazine rings is 1. The standard InChI is InChI=1S/C24H23ClN4O2S/c1-3-21(31)28-8-9-29(14(2)13-28)24(32)19-12-20(25)22(27-23(19)26)18-11-16(30)10-15-6-4-5-7-17(15)18/h3-7,10-12,14,30H,1,8-9,13H2,2H3,(H2,26,27). The number of amides is 1. The lowest BCUT2D eigenvalue weighted by molar-refractivity contribution is -0.128. The zero-order valence-electron chi connectivity index (χ0n) is 17.6. The summed E-state index contributed by atoms with van der Waals surface area (Å²) in [6.45, 7) is 7.23. The number of anilines is 1. The van der Waals surface area contributed by atoms with Gasteiger partial charge >= 0.3 is 0 Å². The Balaban J connectivity index is 1.68. The number of fused-ring (bicyclic) bond motifs is 1. The molecule has 0 spiro atoms. The molecule has 8 heteroatoms. The number of nitrogens with zero attached hydrogens (tertiary/aromatic N) is 3. The molecule has 0 bridgehead atoms. The van der Waals surface area contributed by atoms with Crippen molar-refractivity contribution in [3.63, 3.8) is 0 Å². The van der Waals surface area contributed by atoms with Gasteiger partial charge in [-0.1, -0.05) is 54.7 Å². The first-order valence-electron chi connectivity index (χ1n) is 10.2. The van der Waals surface area contributed by atoms with Crippen LogP contribution in [0.5, 0.6) is 5.75 Å². The largest absolute Gasteiger partial charge is 0.508 e. The Morgan fingerprint density at radius 1 is 1.31 bits per heavy atom. The number of thiocarbonyl (C=S) groups is 1. The summed E-state index contributed by atoms with van der Waals surface area (Å²) < 4.78 is 0. The van der Waals surface area contributed by atoms with Crippen molar-refractivity contribution in [2.45, 2.75) is 13.0 Å². The quantitative estimate of drug-likeness (QED) is 0.444. The molecule has 6 nitrogen and oxygen atoms in total. The SMILES string of the molecule is C=CC(=O)N1CCN(C(=S)c2cc(Cl)c(-c3cc(O)cc4ccccc34)nc2N)C(C)C1. The maximum atomic E-state index is 11.9. The van der Waals surface area contributed by atoms with Crippen molar-refractivity contribution in [1.82, 2.24) is 14.8 Å². The highest BCUT2D eigenvalue weighted by Crippen LogP contribution is 2.37. The van der Waals surface area contributed by atoms with E-state index >= 15 is 0 Å². The van der Waals surface area contributed by atoms with Crippen LogP contribution in [-0.4, -0.2) is 56.5 Å². The fourth-order valence-corrected chi connectivity index (χ4v) is 4.79. The summed E-state index contributed by atoms with van der Waals surface area (Å²) >= 11 is 12.4. The molecule has 1 atom stereocenters. The Morgan fingerprint density at radius 3 is 2.78 bits per heavy atom. The zero-order valence-corrected chi connectivity index (χ0v) is 19.2. The monoisotopic (exact) mass is 466 g/mol. The summed E-state index contributed by atoms with van der Waals surface area (Å²) in [4.78, 5) is 20.8. The molecule has 0 saturated carbocycles. The fraction of sp³-hybridized carbons (Fsp3) is 0.208. The molecule has 0 aliphatic carbocycles. The van der Waals surface area contributed by atoms with Crippen LogP contribution < -0.4 is 5.73 Å². The molecule has 1 fully saturated rings. The summed E-state index contributed by atoms with van der Waals surface area (Å²) in [5.74, 6) is 0.295. The van der Waals surface area contributed by atoms with Gasteiger partial charge in [0.1, 0.15) is 16.6 Å². The lowest BCUT2D eigenvalue weighted by Crippen LogP contribution is -2.55. The van der Waals surface area contributed by atoms with Crippen LogP contribution in [0.4, 0.5) is 5.82 Å². The second-order valence-corrected chi connectivity index (χ2v) is 8.60. The van der Waals surface area contributed by atoms with E-state index in [-0.39, 0.29) is 23.5 Å². The van der Waals surface area contributed by atoms with Crippen LogP contribution in [0, 0.1) is 0 Å². The van der Waals surface area contributed by atoms with Gasteiger partial charge in [-0.05, 0) is 42.0 Å². The van der Waals surface area contributed by atoms with Crippen molar-refractivity contribution in [2.24, 2.45) is 0 Å². The highest BCUT2D eigenvalue weighted by atomic mass is 35.5. The molecule has 1 aliphatic rings. The number of phenols is 1. The van der Waals surface area contributed by atoms with Crippen molar-refractivity contribution < 1.29 is 9.90 Å². The molecular weight excluding hydrogens is 444 g/mol. The Morgan fingerprint density at radius 2 is 2.06 bits per heavy atom. The number of nitrogens with two attached hydrogens (primary N) is 1. The molecule has 1 amide bonds. The Kier molecular flexibility index (Phi) is 6.04. The normalized spacial score (nSPS) is 16.2. The van der Waals surface area contributed by atoms with E-state index in [2.05, 4.69) is 11.6 Å². The Hall–Kier alpha value is -3.16. The average Bonchev–Trinajstić information content (AvgIpc) is 2.78. The molecule has 2 aromatic carbocycles. The van der Waals surface area contributed by atoms with E-state index in [9.17, 15) is 9.90 Å². The maximum absolute atomic E-state index is 11.9. The second-order valence-electron chi connectivity index (χ2n) is 7.80. The Bertz CT molecular complexity index is 1250. The molecule has 1 aliphatic heterocycles. The third kappa shape index (κ3) is 4.01. The highest BCUT2D eigenvalue weighted by molar-refractivity contribution is 7.80. The van der Waals surface area contributed by atoms with Gasteiger partial charge in [0.25, 0.3) is 0 Å². The summed E-state index contributed by atoms with van der Waals surface area (Å²) in [7, 11) is 0. The van der Waals surface area contributed by atoms with E-state index in [1.165, 1.54) is 6.08 Å². The van der Waals surface area contributed by atoms with Crippen molar-refractivity contribution >= 4 is 51.3 Å². The van der Waals surface area contributed by atoms with Crippen molar-refractivity contribution in [2.75, 3.05) is 25.4 Å². The molecule has 3 aromatic rings. The lowest BCUT2D eigenvalue weighted by Gasteiger charge is -2.41. The number of carbonyl (C=O) groups excluding carboxylic acids is 1. The number of hydrogen-bond acceptors (Lipinski definition) is 5. The third-order valence-corrected chi connectivity index (χ3v) is 6.45. The van der Waals surface area contributed by atoms with Gasteiger partial charge in [0.15, 0.2) is 0 Å². The van der Waals surface area contributed by atoms with Crippen LogP contribution in [0.2, 0.25) is 5.02 Å². The van der Waals surface area contributed by atoms with E-state index in [4.69, 9.17) is 29.6 Å². The summed E-state index contributed by atoms with van der Waals surface area (Å²) in [6, 6.07) is 12.7. The van der Waals surface area contributed by atoms with Crippen LogP contribution >= 0.6 is 23.8 Å². The van der Waals surface area contributed by atoms with Crippen LogP contribution in [0.3, 0.4) is 0 Å². The number of halogens is 1. The van der Waals surface area contributed by atoms with Gasteiger partial charge in [-0.3, -0.25) is 4.79 Å². The van der Waals surface area contributed by atoms with Crippen LogP contribution in [-0.2, 0) is 4.79 Å². The van der Waals surface area contributed by atoms with Gasteiger partial charge in [-0.15, -0.1) is 0 Å². The fourth-order valence-electron chi connectivity index (χ4n) is 4.10. The van der Waals surface area contributed by atoms with Crippen molar-refractivity contribution in [3.05, 3.63) is 65.7 Å². The van der Waals surface area contributed by atoms with Crippen molar-refractivity contribution in [3.8, 4) is 17.0 Å². The second kappa shape index (κ2) is 8.76. The van der Waals surface area contributed by atoms with Gasteiger partial charge in [-0.2, -0.15) is 0 Å². The van der Waals surface area contributed by atoms with Crippen LogP contribution in [0.25, 0.3) is 22.0 Å². The summed E-state index contributed by atoms with van der Waals surface area (Å²) in [6.07, 6.45) is 1.33. The number of rotatable bonds is 3. The summed E-state index contributed by atoms with van der Waals surface area (Å²) in [5.41, 5.74) is 8.09. The molecule has 2 heterocycles. The molecule has 32 heavy (non-hydrogen) atoms. The molecule has 3 N–H and O–H groups in total. The molecule has 164 valence electrons. The van der Waals surface area contributed by atoms with Crippen molar-refractivity contribution in [1.29, 1.82) is 0 Å². The first kappa shape index (κ1) is 22.0. The van der Waals surface area contributed by atoms with E-state index < -0.39 is 0 Å². The number of aromatic hydroxyl groups is 1. The number of hydrogen-bond donors (Lipinski definition) is 2. The number of pyridine rings is 1. The molecule has 4 rings (SSSR count). The minimum atomic E-state index is -0.0886. The maximum Gasteiger partial charge on any atom is 0.246 e. The number of benzene rings is 2. The molecule has 1 unspecified atom stereocenters. The topological polar surface area (TPSA) is 82.7 Å². The Labute approximate surface area is 196 Å². The predicted octanol–water partition coefficient (Wildman–Crippen LogP) is 4.24. The lowest BCUT2D eigenvalue weighted by atomic mass is 10.0. The first-order valence-corrected chi connectivity index (χ1v) is 11.0. The third-order valence-electron chi connectivity index (χ3n) is 5.71. The minimum Gasteiger partial charge on any atom is -0.508 e. The average molecular weight is 467 g/mol. The minimum absolute atomic E-state index is 0.00742. The predicted molar refractivity (Wildman–Crippen MR) is 133 cm³/mol. The van der Waals surface area contributed by atoms with Crippen LogP contribution in [0.15, 0.2) is 55.1 Å². The van der Waals surface area contributed by atoms with Gasteiger partial charge in [0, 0.05) is 31.2 Å². The molecule has 1 saturated heterocycles. The number of aromatic nitrogens is 1. The van der Waals surface area contributed by atoms with E-state index in [1.807, 2.05) is 36.1 Å². The van der Waals surface area contributed by atoms with Gasteiger partial charge in [0.2, 0.25) is 5.91 Å². The number of carbonyl (C=O) groups is 1. The van der Waals surface area contributed by atoms with Gasteiger partial charge in [-0.25, -0.2) is 4.98 Å². The van der Waals surface area contributed by atoms with Crippen LogP contribution in [0.1, 0.15) is 12.5 Å². The van der Waals surface area contributed by atoms with Gasteiger partial charge in [0.05, 0.1) is 16.3 Å². The number of nitrogen functional groups attached to an aromatic ring is 1. The van der Waals surface area contributed by atoms with E-state index in [0.29, 0.717) is 46.5 Å². The first-order chi connectivity index (χ1) is 15.3. The number of phenolic OH excluding ortho intramolecular Hbond substituents is 1. The molecular formula is C24H23ClN4O2S. The summed E-state index contributed by atoms with van der Waals surface area (Å²) in [5, 5.41) is 12.4. The zero-order chi connectivity index (χ0) is 23.0. The van der Waals surface area contributed by atoms with Gasteiger partial charge < -0.3 is 20.6 Å². The molecule has 1 aromatic heterocycles. The smallest absolute Gasteiger partial charge is 0.246 e. The molecule has 0 radical (unpaired) electrons. The highest BCUT2D eigenvalue weighted by Gasteiger charge is 2.29.